The van der Waals surface area contributed by atoms with Crippen LogP contribution in [0.4, 0.5) is 0 Å². The predicted molar refractivity (Wildman–Crippen MR) is 208 cm³/mol. The lowest BCUT2D eigenvalue weighted by Crippen LogP contribution is -2.47. The van der Waals surface area contributed by atoms with Crippen LogP contribution in [0.15, 0.2) is 0 Å². The number of rotatable bonds is 38. The molecule has 0 aromatic heterocycles. The topological polar surface area (TPSA) is 63.6 Å². The van der Waals surface area contributed by atoms with Gasteiger partial charge in [0.15, 0.2) is 6.10 Å². The van der Waals surface area contributed by atoms with Gasteiger partial charge in [-0.2, -0.15) is 0 Å². The number of quaternary nitrogens is 1. The molecule has 0 rings (SSSR count). The van der Waals surface area contributed by atoms with Crippen molar-refractivity contribution in [1.82, 2.24) is 0 Å². The quantitative estimate of drug-likeness (QED) is 0.0400. The zero-order chi connectivity index (χ0) is 35.6. The normalized spacial score (nSPS) is 13.1. The summed E-state index contributed by atoms with van der Waals surface area (Å²) in [6.45, 7) is 5.08. The third-order valence-corrected chi connectivity index (χ3v) is 10.1. The predicted octanol–water partition coefficient (Wildman–Crippen LogP) is 13.2. The highest BCUT2D eigenvalue weighted by Crippen LogP contribution is 2.22. The zero-order valence-electron chi connectivity index (χ0n) is 33.3. The summed E-state index contributed by atoms with van der Waals surface area (Å²) in [6, 6.07) is 0. The number of carboxylic acids is 1. The molecule has 1 N–H and O–H groups in total. The van der Waals surface area contributed by atoms with Crippen molar-refractivity contribution in [2.24, 2.45) is 5.92 Å². The van der Waals surface area contributed by atoms with Gasteiger partial charge in [0.1, 0.15) is 6.54 Å². The van der Waals surface area contributed by atoms with Gasteiger partial charge in [0, 0.05) is 6.42 Å². The number of likely N-dealkylation sites (N-methyl/N-ethyl adjacent to an activating group) is 1. The number of hydrogen-bond donors (Lipinski definition) is 1. The highest BCUT2D eigenvalue weighted by molar-refractivity contribution is 5.73. The molecular weight excluding hydrogens is 594 g/mol. The molecule has 2 unspecified atom stereocenters. The number of unbranched alkanes of at least 4 members (excludes halogenated alkanes) is 29. The molecule has 286 valence electrons. The number of carboxylic acid groups (broad SMARTS) is 1. The molecule has 0 aromatic carbocycles. The van der Waals surface area contributed by atoms with E-state index in [1.165, 1.54) is 173 Å². The highest BCUT2D eigenvalue weighted by Gasteiger charge is 2.35. The Balaban J connectivity index is 4.07. The van der Waals surface area contributed by atoms with Crippen molar-refractivity contribution in [1.29, 1.82) is 0 Å². The molecule has 2 atom stereocenters. The maximum atomic E-state index is 12.8. The van der Waals surface area contributed by atoms with Gasteiger partial charge in [0.05, 0.1) is 27.1 Å². The SMILES string of the molecule is CCCCCCCCCCCCCCCCCCC(C(=O)O)C(C[N+](C)(C)C)OC(=O)CCCCCCCCCCCCCCCCC. The molecule has 0 aliphatic rings. The molecule has 0 saturated carbocycles. The van der Waals surface area contributed by atoms with Crippen molar-refractivity contribution >= 4 is 11.9 Å². The molecule has 48 heavy (non-hydrogen) atoms. The first kappa shape index (κ1) is 46.9. The number of esters is 1. The standard InChI is InChI=1S/C43H85NO4/c1-6-8-10-12-14-16-18-20-22-24-25-27-29-31-33-35-37-40(43(46)47)41(39-44(3,4)5)48-42(45)38-36-34-32-30-28-26-23-21-19-17-15-13-11-9-7-2/h40-41H,6-39H2,1-5H3/p+1. The average molecular weight is 681 g/mol. The van der Waals surface area contributed by atoms with Crippen LogP contribution in [0.5, 0.6) is 0 Å². The number of aliphatic carboxylic acids is 1. The second-order valence-corrected chi connectivity index (χ2v) is 16.2. The second kappa shape index (κ2) is 34.4. The number of hydrogen-bond acceptors (Lipinski definition) is 3. The molecule has 0 bridgehead atoms. The summed E-state index contributed by atoms with van der Waals surface area (Å²) in [7, 11) is 6.13. The number of nitrogens with zero attached hydrogens (tertiary/aromatic N) is 1. The van der Waals surface area contributed by atoms with Crippen LogP contribution in [0.25, 0.3) is 0 Å². The summed E-state index contributed by atoms with van der Waals surface area (Å²) in [6.07, 6.45) is 40.8. The van der Waals surface area contributed by atoms with Gasteiger partial charge in [-0.05, 0) is 12.8 Å². The Morgan fingerprint density at radius 2 is 0.771 bits per heavy atom. The number of ether oxygens (including phenoxy) is 1. The van der Waals surface area contributed by atoms with Crippen LogP contribution in [-0.4, -0.2) is 55.3 Å². The van der Waals surface area contributed by atoms with Gasteiger partial charge in [0.25, 0.3) is 0 Å². The largest absolute Gasteiger partial charge is 0.481 e. The fourth-order valence-electron chi connectivity index (χ4n) is 7.04. The van der Waals surface area contributed by atoms with Gasteiger partial charge in [0.2, 0.25) is 0 Å². The van der Waals surface area contributed by atoms with Gasteiger partial charge in [-0.15, -0.1) is 0 Å². The van der Waals surface area contributed by atoms with Crippen LogP contribution in [-0.2, 0) is 14.3 Å². The van der Waals surface area contributed by atoms with Gasteiger partial charge in [-0.1, -0.05) is 206 Å². The monoisotopic (exact) mass is 681 g/mol. The smallest absolute Gasteiger partial charge is 0.310 e. The number of carbonyl (C=O) groups is 2. The Morgan fingerprint density at radius 3 is 1.06 bits per heavy atom. The molecule has 0 aliphatic heterocycles. The van der Waals surface area contributed by atoms with Crippen molar-refractivity contribution < 1.29 is 23.9 Å². The molecule has 0 saturated heterocycles. The second-order valence-electron chi connectivity index (χ2n) is 16.2. The van der Waals surface area contributed by atoms with Crippen molar-refractivity contribution in [3.8, 4) is 0 Å². The van der Waals surface area contributed by atoms with E-state index in [1.807, 2.05) is 21.1 Å². The summed E-state index contributed by atoms with van der Waals surface area (Å²) < 4.78 is 6.50. The van der Waals surface area contributed by atoms with Crippen LogP contribution in [0.2, 0.25) is 0 Å². The summed E-state index contributed by atoms with van der Waals surface area (Å²) >= 11 is 0. The molecule has 0 aromatic rings. The van der Waals surface area contributed by atoms with Gasteiger partial charge < -0.3 is 14.3 Å². The van der Waals surface area contributed by atoms with Crippen molar-refractivity contribution in [2.75, 3.05) is 27.7 Å². The maximum absolute atomic E-state index is 12.8. The Hall–Kier alpha value is -1.10. The van der Waals surface area contributed by atoms with Crippen LogP contribution in [0.1, 0.15) is 226 Å². The Morgan fingerprint density at radius 1 is 0.479 bits per heavy atom. The van der Waals surface area contributed by atoms with E-state index < -0.39 is 18.0 Å². The Bertz CT molecular complexity index is 703. The van der Waals surface area contributed by atoms with Crippen molar-refractivity contribution in [3.05, 3.63) is 0 Å². The summed E-state index contributed by atoms with van der Waals surface area (Å²) in [4.78, 5) is 25.1. The van der Waals surface area contributed by atoms with E-state index in [9.17, 15) is 14.7 Å². The molecule has 5 heteroatoms. The fourth-order valence-corrected chi connectivity index (χ4v) is 7.04. The van der Waals surface area contributed by atoms with E-state index in [2.05, 4.69) is 13.8 Å². The first-order valence-corrected chi connectivity index (χ1v) is 21.4. The lowest BCUT2D eigenvalue weighted by atomic mass is 9.94. The van der Waals surface area contributed by atoms with Crippen molar-refractivity contribution in [3.63, 3.8) is 0 Å². The summed E-state index contributed by atoms with van der Waals surface area (Å²) in [5.74, 6) is -1.67. The van der Waals surface area contributed by atoms with Crippen LogP contribution < -0.4 is 0 Å². The third-order valence-electron chi connectivity index (χ3n) is 10.1. The van der Waals surface area contributed by atoms with Crippen LogP contribution in [0, 0.1) is 5.92 Å². The molecule has 0 amide bonds. The van der Waals surface area contributed by atoms with Crippen molar-refractivity contribution in [2.45, 2.75) is 232 Å². The summed E-state index contributed by atoms with van der Waals surface area (Å²) in [5.41, 5.74) is 0. The lowest BCUT2D eigenvalue weighted by Gasteiger charge is -2.32. The van der Waals surface area contributed by atoms with E-state index in [4.69, 9.17) is 4.74 Å². The van der Waals surface area contributed by atoms with E-state index in [-0.39, 0.29) is 5.97 Å². The van der Waals surface area contributed by atoms with Crippen LogP contribution >= 0.6 is 0 Å². The van der Waals surface area contributed by atoms with E-state index in [1.54, 1.807) is 0 Å². The van der Waals surface area contributed by atoms with Gasteiger partial charge in [-0.25, -0.2) is 0 Å². The molecule has 0 fully saturated rings. The van der Waals surface area contributed by atoms with E-state index >= 15 is 0 Å². The molecule has 0 aliphatic carbocycles. The first-order valence-electron chi connectivity index (χ1n) is 21.4. The highest BCUT2D eigenvalue weighted by atomic mass is 16.5. The molecule has 5 nitrogen and oxygen atoms in total. The third kappa shape index (κ3) is 33.4. The number of carbonyl (C=O) groups excluding carboxylic acids is 1. The van der Waals surface area contributed by atoms with E-state index in [0.29, 0.717) is 23.9 Å². The summed E-state index contributed by atoms with van der Waals surface area (Å²) in [5, 5.41) is 10.1. The maximum Gasteiger partial charge on any atom is 0.310 e. The Kier molecular flexibility index (Phi) is 33.6. The molecule has 0 radical (unpaired) electrons. The lowest BCUT2D eigenvalue weighted by molar-refractivity contribution is -0.873. The first-order chi connectivity index (χ1) is 23.2. The zero-order valence-corrected chi connectivity index (χ0v) is 33.3. The van der Waals surface area contributed by atoms with E-state index in [0.717, 1.165) is 25.7 Å². The minimum Gasteiger partial charge on any atom is -0.481 e. The van der Waals surface area contributed by atoms with Crippen LogP contribution in [0.3, 0.4) is 0 Å². The molecule has 0 spiro atoms. The minimum atomic E-state index is -0.825. The molecule has 0 heterocycles. The minimum absolute atomic E-state index is 0.221. The Labute approximate surface area is 300 Å². The van der Waals surface area contributed by atoms with Gasteiger partial charge in [-0.3, -0.25) is 9.59 Å². The fraction of sp³-hybridized carbons (Fsp3) is 0.953. The molecular formula is C43H86NO4+. The van der Waals surface area contributed by atoms with Gasteiger partial charge >= 0.3 is 11.9 Å². The average Bonchev–Trinajstić information content (AvgIpc) is 3.03.